The Balaban J connectivity index is 2.07. The smallest absolute Gasteiger partial charge is 0.354 e. The summed E-state index contributed by atoms with van der Waals surface area (Å²) >= 11 is 0. The van der Waals surface area contributed by atoms with Crippen LogP contribution < -0.4 is 5.32 Å². The van der Waals surface area contributed by atoms with Crippen molar-refractivity contribution in [3.8, 4) is 0 Å². The molecular weight excluding hydrogens is 220 g/mol. The second-order valence-corrected chi connectivity index (χ2v) is 4.32. The van der Waals surface area contributed by atoms with E-state index in [2.05, 4.69) is 10.3 Å². The van der Waals surface area contributed by atoms with Crippen LogP contribution in [0.15, 0.2) is 18.2 Å². The Labute approximate surface area is 99.5 Å². The number of anilines is 1. The van der Waals surface area contributed by atoms with E-state index >= 15 is 0 Å². The van der Waals surface area contributed by atoms with Crippen molar-refractivity contribution in [1.29, 1.82) is 0 Å². The molecule has 0 aliphatic heterocycles. The van der Waals surface area contributed by atoms with Crippen molar-refractivity contribution in [3.05, 3.63) is 23.9 Å². The van der Waals surface area contributed by atoms with E-state index in [1.165, 1.54) is 6.07 Å². The Morgan fingerprint density at radius 1 is 1.35 bits per heavy atom. The van der Waals surface area contributed by atoms with Crippen LogP contribution >= 0.6 is 0 Å². The summed E-state index contributed by atoms with van der Waals surface area (Å²) in [5, 5.41) is 21.7. The highest BCUT2D eigenvalue weighted by atomic mass is 16.4. The number of carboxylic acid groups (broad SMARTS) is 1. The van der Waals surface area contributed by atoms with E-state index in [1.54, 1.807) is 12.1 Å². The Morgan fingerprint density at radius 2 is 2.12 bits per heavy atom. The van der Waals surface area contributed by atoms with E-state index in [9.17, 15) is 9.90 Å². The van der Waals surface area contributed by atoms with Gasteiger partial charge < -0.3 is 15.5 Å². The van der Waals surface area contributed by atoms with Crippen LogP contribution in [0, 0.1) is 0 Å². The average Bonchev–Trinajstić information content (AvgIpc) is 2.32. The van der Waals surface area contributed by atoms with Gasteiger partial charge in [-0.2, -0.15) is 0 Å². The molecule has 1 fully saturated rings. The van der Waals surface area contributed by atoms with Crippen molar-refractivity contribution in [2.24, 2.45) is 0 Å². The van der Waals surface area contributed by atoms with Gasteiger partial charge in [-0.05, 0) is 25.0 Å². The Bertz CT molecular complexity index is 408. The third kappa shape index (κ3) is 2.94. The number of pyridine rings is 1. The number of aliphatic hydroxyl groups is 1. The monoisotopic (exact) mass is 236 g/mol. The molecule has 0 saturated heterocycles. The summed E-state index contributed by atoms with van der Waals surface area (Å²) < 4.78 is 0. The van der Waals surface area contributed by atoms with Crippen molar-refractivity contribution < 1.29 is 15.0 Å². The molecule has 0 radical (unpaired) electrons. The third-order valence-corrected chi connectivity index (χ3v) is 3.03. The molecule has 5 nitrogen and oxygen atoms in total. The molecule has 0 aromatic carbocycles. The second kappa shape index (κ2) is 5.14. The summed E-state index contributed by atoms with van der Waals surface area (Å²) in [6, 6.07) is 4.78. The Kier molecular flexibility index (Phi) is 3.58. The topological polar surface area (TPSA) is 82.5 Å². The van der Waals surface area contributed by atoms with E-state index in [4.69, 9.17) is 5.11 Å². The van der Waals surface area contributed by atoms with Crippen LogP contribution in [0.2, 0.25) is 0 Å². The van der Waals surface area contributed by atoms with Gasteiger partial charge >= 0.3 is 5.97 Å². The second-order valence-electron chi connectivity index (χ2n) is 4.32. The summed E-state index contributed by atoms with van der Waals surface area (Å²) in [5.74, 6) is -0.534. The zero-order chi connectivity index (χ0) is 12.3. The minimum atomic E-state index is -1.04. The lowest BCUT2D eigenvalue weighted by molar-refractivity contribution is 0.0690. The van der Waals surface area contributed by atoms with Gasteiger partial charge in [-0.3, -0.25) is 0 Å². The van der Waals surface area contributed by atoms with Crippen LogP contribution in [0.3, 0.4) is 0 Å². The van der Waals surface area contributed by atoms with Crippen LogP contribution in [0.25, 0.3) is 0 Å². The maximum atomic E-state index is 10.8. The van der Waals surface area contributed by atoms with Gasteiger partial charge in [0.15, 0.2) is 5.69 Å². The molecule has 1 heterocycles. The first-order chi connectivity index (χ1) is 8.16. The molecule has 1 saturated carbocycles. The van der Waals surface area contributed by atoms with E-state index in [0.717, 1.165) is 25.7 Å². The highest BCUT2D eigenvalue weighted by Gasteiger charge is 2.23. The SMILES string of the molecule is O=C(O)c1cccc(N[C@H]2CCCC[C@@H]2O)n1. The van der Waals surface area contributed by atoms with E-state index in [-0.39, 0.29) is 17.8 Å². The van der Waals surface area contributed by atoms with Gasteiger partial charge in [0.1, 0.15) is 5.82 Å². The molecule has 2 rings (SSSR count). The highest BCUT2D eigenvalue weighted by molar-refractivity contribution is 5.85. The normalized spacial score (nSPS) is 24.3. The predicted octanol–water partition coefficient (Wildman–Crippen LogP) is 1.50. The number of carboxylic acids is 1. The zero-order valence-electron chi connectivity index (χ0n) is 9.47. The van der Waals surface area contributed by atoms with Crippen LogP contribution in [-0.2, 0) is 0 Å². The van der Waals surface area contributed by atoms with Crippen LogP contribution in [0.5, 0.6) is 0 Å². The van der Waals surface area contributed by atoms with Gasteiger partial charge in [0.05, 0.1) is 12.1 Å². The quantitative estimate of drug-likeness (QED) is 0.740. The molecule has 17 heavy (non-hydrogen) atoms. The Hall–Kier alpha value is -1.62. The summed E-state index contributed by atoms with van der Waals surface area (Å²) in [7, 11) is 0. The van der Waals surface area contributed by atoms with Crippen molar-refractivity contribution in [3.63, 3.8) is 0 Å². The van der Waals surface area contributed by atoms with Gasteiger partial charge in [0.2, 0.25) is 0 Å². The molecule has 1 aromatic rings. The van der Waals surface area contributed by atoms with E-state index < -0.39 is 5.97 Å². The molecule has 0 amide bonds. The molecule has 0 unspecified atom stereocenters. The lowest BCUT2D eigenvalue weighted by Gasteiger charge is -2.28. The molecule has 1 aliphatic rings. The number of rotatable bonds is 3. The van der Waals surface area contributed by atoms with Gasteiger partial charge in [-0.25, -0.2) is 9.78 Å². The summed E-state index contributed by atoms with van der Waals surface area (Å²) in [6.45, 7) is 0. The molecule has 2 atom stereocenters. The van der Waals surface area contributed by atoms with Gasteiger partial charge in [-0.15, -0.1) is 0 Å². The summed E-state index contributed by atoms with van der Waals surface area (Å²) in [5.41, 5.74) is 0.0142. The number of hydrogen-bond acceptors (Lipinski definition) is 4. The largest absolute Gasteiger partial charge is 0.477 e. The molecule has 1 aliphatic carbocycles. The first-order valence-corrected chi connectivity index (χ1v) is 5.82. The molecular formula is C12H16N2O3. The molecule has 3 N–H and O–H groups in total. The van der Waals surface area contributed by atoms with Crippen molar-refractivity contribution in [2.45, 2.75) is 37.8 Å². The summed E-state index contributed by atoms with van der Waals surface area (Å²) in [6.07, 6.45) is 3.42. The van der Waals surface area contributed by atoms with Crippen molar-refractivity contribution in [2.75, 3.05) is 5.32 Å². The fourth-order valence-electron chi connectivity index (χ4n) is 2.10. The summed E-state index contributed by atoms with van der Waals surface area (Å²) in [4.78, 5) is 14.7. The molecule has 5 heteroatoms. The van der Waals surface area contributed by atoms with Crippen LogP contribution in [-0.4, -0.2) is 33.3 Å². The Morgan fingerprint density at radius 3 is 2.82 bits per heavy atom. The van der Waals surface area contributed by atoms with Gasteiger partial charge in [0.25, 0.3) is 0 Å². The number of aromatic nitrogens is 1. The number of nitrogens with zero attached hydrogens (tertiary/aromatic N) is 1. The van der Waals surface area contributed by atoms with E-state index in [1.807, 2.05) is 0 Å². The predicted molar refractivity (Wildman–Crippen MR) is 63.1 cm³/mol. The first kappa shape index (κ1) is 11.9. The number of carbonyl (C=O) groups is 1. The van der Waals surface area contributed by atoms with Gasteiger partial charge in [-0.1, -0.05) is 18.9 Å². The number of aromatic carboxylic acids is 1. The maximum Gasteiger partial charge on any atom is 0.354 e. The maximum absolute atomic E-state index is 10.8. The lowest BCUT2D eigenvalue weighted by Crippen LogP contribution is -2.36. The highest BCUT2D eigenvalue weighted by Crippen LogP contribution is 2.21. The molecule has 0 bridgehead atoms. The zero-order valence-corrected chi connectivity index (χ0v) is 9.47. The number of hydrogen-bond donors (Lipinski definition) is 3. The standard InChI is InChI=1S/C12H16N2O3/c15-10-6-2-1-4-8(10)13-11-7-3-5-9(14-11)12(16)17/h3,5,7-8,10,15H,1-2,4,6H2,(H,13,14)(H,16,17)/t8-,10-/m0/s1. The first-order valence-electron chi connectivity index (χ1n) is 5.82. The van der Waals surface area contributed by atoms with Crippen molar-refractivity contribution in [1.82, 2.24) is 4.98 Å². The minimum absolute atomic E-state index is 0.0142. The molecule has 1 aromatic heterocycles. The van der Waals surface area contributed by atoms with Crippen molar-refractivity contribution >= 4 is 11.8 Å². The minimum Gasteiger partial charge on any atom is -0.477 e. The third-order valence-electron chi connectivity index (χ3n) is 3.03. The fraction of sp³-hybridized carbons (Fsp3) is 0.500. The lowest BCUT2D eigenvalue weighted by atomic mass is 9.92. The van der Waals surface area contributed by atoms with Crippen LogP contribution in [0.1, 0.15) is 36.2 Å². The van der Waals surface area contributed by atoms with E-state index in [0.29, 0.717) is 5.82 Å². The fourth-order valence-corrected chi connectivity index (χ4v) is 2.10. The number of nitrogens with one attached hydrogen (secondary N) is 1. The molecule has 0 spiro atoms. The van der Waals surface area contributed by atoms with Crippen LogP contribution in [0.4, 0.5) is 5.82 Å². The number of aliphatic hydroxyl groups excluding tert-OH is 1. The average molecular weight is 236 g/mol. The molecule has 92 valence electrons. The van der Waals surface area contributed by atoms with Gasteiger partial charge in [0, 0.05) is 0 Å².